The molecular weight excluding hydrogens is 466 g/mol. The van der Waals surface area contributed by atoms with Crippen LogP contribution in [-0.4, -0.2) is 13.2 Å². The van der Waals surface area contributed by atoms with Crippen molar-refractivity contribution < 1.29 is 0 Å². The summed E-state index contributed by atoms with van der Waals surface area (Å²) >= 11 is 3.77. The van der Waals surface area contributed by atoms with Crippen LogP contribution < -0.4 is 0 Å². The summed E-state index contributed by atoms with van der Waals surface area (Å²) in [6.07, 6.45) is 0. The third kappa shape index (κ3) is 2.16. The predicted octanol–water partition coefficient (Wildman–Crippen LogP) is 8.90. The molecular formula is C30H17N3S2. The summed E-state index contributed by atoms with van der Waals surface area (Å²) in [6, 6.07) is 37.6. The molecule has 0 fully saturated rings. The van der Waals surface area contributed by atoms with E-state index >= 15 is 0 Å². The van der Waals surface area contributed by atoms with Gasteiger partial charge in [-0.15, -0.1) is 22.7 Å². The molecule has 5 aromatic carbocycles. The number of hydrogen-bond donors (Lipinski definition) is 0. The lowest BCUT2D eigenvalue weighted by Crippen LogP contribution is -2.08. The molecule has 0 unspecified atom stereocenters. The molecule has 0 saturated heterocycles. The first-order chi connectivity index (χ1) is 17.4. The van der Waals surface area contributed by atoms with Gasteiger partial charge in [-0.25, -0.2) is 0 Å². The van der Waals surface area contributed by atoms with Crippen LogP contribution >= 0.6 is 22.7 Å². The Bertz CT molecular complexity index is 2180. The maximum absolute atomic E-state index is 2.50. The highest BCUT2D eigenvalue weighted by molar-refractivity contribution is 7.26. The molecule has 9 rings (SSSR count). The first kappa shape index (κ1) is 18.3. The van der Waals surface area contributed by atoms with E-state index in [4.69, 9.17) is 0 Å². The largest absolute Gasteiger partial charge is 0.304 e. The van der Waals surface area contributed by atoms with Crippen LogP contribution in [0.4, 0.5) is 0 Å². The Morgan fingerprint density at radius 3 is 1.11 bits per heavy atom. The molecule has 5 heteroatoms. The highest BCUT2D eigenvalue weighted by atomic mass is 32.1. The van der Waals surface area contributed by atoms with E-state index in [0.29, 0.717) is 0 Å². The summed E-state index contributed by atoms with van der Waals surface area (Å²) < 4.78 is 12.7. The van der Waals surface area contributed by atoms with Crippen molar-refractivity contribution in [2.75, 3.05) is 0 Å². The van der Waals surface area contributed by atoms with Gasteiger partial charge in [0, 0.05) is 0 Å². The maximum Gasteiger partial charge on any atom is 0.0977 e. The molecule has 0 aliphatic carbocycles. The minimum Gasteiger partial charge on any atom is -0.304 e. The van der Waals surface area contributed by atoms with Crippen molar-refractivity contribution in [2.45, 2.75) is 0 Å². The van der Waals surface area contributed by atoms with Crippen LogP contribution in [0.2, 0.25) is 0 Å². The van der Waals surface area contributed by atoms with Crippen molar-refractivity contribution in [3.8, 4) is 0 Å². The van der Waals surface area contributed by atoms with Crippen molar-refractivity contribution in [1.29, 1.82) is 0 Å². The Balaban J connectivity index is 1.80. The molecule has 0 atom stereocenters. The minimum absolute atomic E-state index is 1.22. The molecule has 0 aliphatic rings. The van der Waals surface area contributed by atoms with Gasteiger partial charge in [-0.2, -0.15) is 0 Å². The van der Waals surface area contributed by atoms with Gasteiger partial charge in [0.1, 0.15) is 0 Å². The molecule has 0 amide bonds. The van der Waals surface area contributed by atoms with E-state index in [0.717, 1.165) is 0 Å². The lowest BCUT2D eigenvalue weighted by atomic mass is 10.1. The quantitative estimate of drug-likeness (QED) is 0.151. The molecule has 4 heterocycles. The lowest BCUT2D eigenvalue weighted by molar-refractivity contribution is 1.20. The second kappa shape index (κ2) is 6.33. The van der Waals surface area contributed by atoms with Crippen molar-refractivity contribution in [3.63, 3.8) is 0 Å². The number of hydrogen-bond acceptors (Lipinski definition) is 2. The van der Waals surface area contributed by atoms with Gasteiger partial charge in [-0.05, 0) is 54.6 Å². The van der Waals surface area contributed by atoms with E-state index in [9.17, 15) is 0 Å². The van der Waals surface area contributed by atoms with E-state index in [1.54, 1.807) is 0 Å². The normalized spacial score (nSPS) is 12.6. The van der Waals surface area contributed by atoms with Crippen molar-refractivity contribution in [1.82, 2.24) is 13.2 Å². The summed E-state index contributed by atoms with van der Waals surface area (Å²) in [6.45, 7) is 0. The molecule has 4 aromatic heterocycles. The highest BCUT2D eigenvalue weighted by Gasteiger charge is 2.21. The van der Waals surface area contributed by atoms with Gasteiger partial charge < -0.3 is 13.2 Å². The van der Waals surface area contributed by atoms with Gasteiger partial charge in [0.15, 0.2) is 0 Å². The first-order valence-electron chi connectivity index (χ1n) is 11.7. The van der Waals surface area contributed by atoms with Gasteiger partial charge in [0.05, 0.1) is 68.4 Å². The fourth-order valence-electron chi connectivity index (χ4n) is 5.89. The van der Waals surface area contributed by atoms with Gasteiger partial charge in [0.2, 0.25) is 0 Å². The minimum atomic E-state index is 1.22. The van der Waals surface area contributed by atoms with Crippen LogP contribution in [-0.2, 0) is 0 Å². The Morgan fingerprint density at radius 2 is 0.686 bits per heavy atom. The van der Waals surface area contributed by atoms with E-state index in [-0.39, 0.29) is 0 Å². The topological polar surface area (TPSA) is 13.2 Å². The Hall–Kier alpha value is -4.06. The Labute approximate surface area is 206 Å². The van der Waals surface area contributed by atoms with E-state index < -0.39 is 0 Å². The molecule has 0 spiro atoms. The summed E-state index contributed by atoms with van der Waals surface area (Å²) in [5.74, 6) is 0. The van der Waals surface area contributed by atoms with Crippen LogP contribution in [0.5, 0.6) is 0 Å². The zero-order chi connectivity index (χ0) is 22.7. The summed E-state index contributed by atoms with van der Waals surface area (Å²) in [4.78, 5) is 0. The van der Waals surface area contributed by atoms with Crippen molar-refractivity contribution >= 4 is 91.1 Å². The fraction of sp³-hybridized carbons (Fsp3) is 0. The van der Waals surface area contributed by atoms with Crippen LogP contribution in [0.1, 0.15) is 0 Å². The first-order valence-corrected chi connectivity index (χ1v) is 13.3. The number of nitrogens with zero attached hydrogens (tertiary/aromatic N) is 3. The third-order valence-corrected chi connectivity index (χ3v) is 9.42. The lowest BCUT2D eigenvalue weighted by Gasteiger charge is -2.23. The van der Waals surface area contributed by atoms with Gasteiger partial charge in [-0.3, -0.25) is 0 Å². The van der Waals surface area contributed by atoms with Crippen LogP contribution in [0.3, 0.4) is 0 Å². The molecule has 3 nitrogen and oxygen atoms in total. The number of rotatable bonds is 0. The molecule has 164 valence electrons. The third-order valence-electron chi connectivity index (χ3n) is 7.23. The smallest absolute Gasteiger partial charge is 0.0977 e. The monoisotopic (exact) mass is 483 g/mol. The highest BCUT2D eigenvalue weighted by Crippen LogP contribution is 2.43. The average molecular weight is 484 g/mol. The maximum atomic E-state index is 2.50. The van der Waals surface area contributed by atoms with E-state index in [1.807, 2.05) is 22.7 Å². The van der Waals surface area contributed by atoms with Crippen molar-refractivity contribution in [3.05, 3.63) is 103 Å². The Kier molecular flexibility index (Phi) is 3.31. The molecule has 0 radical (unpaired) electrons. The second-order valence-electron chi connectivity index (χ2n) is 9.04. The molecule has 0 bridgehead atoms. The summed E-state index contributed by atoms with van der Waals surface area (Å²) in [7, 11) is 0. The number of benzene rings is 5. The number of fused-ring (bicyclic) bond motifs is 10. The van der Waals surface area contributed by atoms with E-state index in [2.05, 4.69) is 116 Å². The molecule has 35 heavy (non-hydrogen) atoms. The number of para-hydroxylation sites is 6. The molecule has 0 aliphatic heterocycles. The van der Waals surface area contributed by atoms with Crippen LogP contribution in [0.25, 0.3) is 68.4 Å². The SMILES string of the molecule is c1ccc2c(c1)sc1cc3sc4ccccc4n4c5ccccc5n5c6ccccc6n2c1c5c34. The summed E-state index contributed by atoms with van der Waals surface area (Å²) in [5, 5.41) is 0. The predicted molar refractivity (Wildman–Crippen MR) is 151 cm³/mol. The van der Waals surface area contributed by atoms with Gasteiger partial charge in [0.25, 0.3) is 0 Å². The fourth-order valence-corrected chi connectivity index (χ4v) is 8.18. The van der Waals surface area contributed by atoms with Crippen LogP contribution in [0.15, 0.2) is 103 Å². The molecule has 0 N–H and O–H groups in total. The van der Waals surface area contributed by atoms with Gasteiger partial charge >= 0.3 is 0 Å². The molecule has 9 aromatic rings. The second-order valence-corrected chi connectivity index (χ2v) is 11.2. The Morgan fingerprint density at radius 1 is 0.343 bits per heavy atom. The number of aromatic nitrogens is 3. The van der Waals surface area contributed by atoms with Crippen molar-refractivity contribution in [2.24, 2.45) is 0 Å². The van der Waals surface area contributed by atoms with Gasteiger partial charge in [-0.1, -0.05) is 48.5 Å². The average Bonchev–Trinajstić information content (AvgIpc) is 2.92. The zero-order valence-corrected chi connectivity index (χ0v) is 20.1. The standard InChI is InChI=1S/C30H17N3S2/c1-3-11-20-18(9-1)31-19-10-2-4-12-21(19)33-23-14-6-8-16-25(23)35-27-17-26-28(30(31)29(27)33)32(20)22-13-5-7-15-24(22)34-26/h1-17H. The van der Waals surface area contributed by atoms with Crippen LogP contribution in [0, 0.1) is 0 Å². The molecule has 0 saturated carbocycles. The van der Waals surface area contributed by atoms with E-state index in [1.165, 1.54) is 68.4 Å². The summed E-state index contributed by atoms with van der Waals surface area (Å²) in [5.41, 5.74) is 11.2. The zero-order valence-electron chi connectivity index (χ0n) is 18.5.